The molecule has 0 spiro atoms. The molecule has 0 radical (unpaired) electrons. The molecule has 0 bridgehead atoms. The van der Waals surface area contributed by atoms with Gasteiger partial charge in [-0.2, -0.15) is 0 Å². The second-order valence-corrected chi connectivity index (χ2v) is 3.96. The Hall–Kier alpha value is -1.62. The molecule has 1 atom stereocenters. The quantitative estimate of drug-likeness (QED) is 0.863. The average molecular weight is 260 g/mol. The van der Waals surface area contributed by atoms with E-state index in [1.165, 1.54) is 19.1 Å². The maximum absolute atomic E-state index is 12.8. The monoisotopic (exact) mass is 259 g/mol. The van der Waals surface area contributed by atoms with Crippen molar-refractivity contribution >= 4 is 23.5 Å². The molecule has 1 amide bonds. The molecule has 1 rings (SSSR count). The van der Waals surface area contributed by atoms with Gasteiger partial charge in [-0.1, -0.05) is 17.7 Å². The number of carbonyl (C=O) groups excluding carboxylic acids is 1. The first kappa shape index (κ1) is 13.4. The molecule has 0 fully saturated rings. The number of hydrogen-bond acceptors (Lipinski definition) is 2. The van der Waals surface area contributed by atoms with Crippen LogP contribution in [0.4, 0.5) is 4.39 Å². The largest absolute Gasteiger partial charge is 0.480 e. The SMILES string of the molecule is CC(NC(=O)Cc1ccc(F)c(Cl)c1)C(=O)O. The van der Waals surface area contributed by atoms with Gasteiger partial charge in [-0.3, -0.25) is 9.59 Å². The van der Waals surface area contributed by atoms with Gasteiger partial charge < -0.3 is 10.4 Å². The molecule has 0 aliphatic heterocycles. The van der Waals surface area contributed by atoms with Crippen molar-refractivity contribution in [2.24, 2.45) is 0 Å². The first-order valence-corrected chi connectivity index (χ1v) is 5.24. The summed E-state index contributed by atoms with van der Waals surface area (Å²) in [6, 6.07) is 2.96. The van der Waals surface area contributed by atoms with Crippen molar-refractivity contribution in [3.05, 3.63) is 34.6 Å². The number of hydrogen-bond donors (Lipinski definition) is 2. The van der Waals surface area contributed by atoms with E-state index in [1.807, 2.05) is 0 Å². The van der Waals surface area contributed by atoms with Gasteiger partial charge in [-0.15, -0.1) is 0 Å². The normalized spacial score (nSPS) is 11.9. The van der Waals surface area contributed by atoms with Crippen LogP contribution in [-0.2, 0) is 16.0 Å². The summed E-state index contributed by atoms with van der Waals surface area (Å²) in [7, 11) is 0. The predicted octanol–water partition coefficient (Wildman–Crippen LogP) is 1.61. The molecule has 92 valence electrons. The van der Waals surface area contributed by atoms with Gasteiger partial charge in [-0.25, -0.2) is 4.39 Å². The third kappa shape index (κ3) is 4.03. The maximum atomic E-state index is 12.8. The van der Waals surface area contributed by atoms with Gasteiger partial charge in [0.25, 0.3) is 0 Å². The van der Waals surface area contributed by atoms with Crippen molar-refractivity contribution in [1.29, 1.82) is 0 Å². The van der Waals surface area contributed by atoms with E-state index in [4.69, 9.17) is 16.7 Å². The molecule has 1 aromatic rings. The lowest BCUT2D eigenvalue weighted by Crippen LogP contribution is -2.39. The Balaban J connectivity index is 2.62. The van der Waals surface area contributed by atoms with Crippen LogP contribution in [0.15, 0.2) is 18.2 Å². The zero-order chi connectivity index (χ0) is 13.0. The van der Waals surface area contributed by atoms with Gasteiger partial charge in [0.15, 0.2) is 0 Å². The molecule has 0 saturated heterocycles. The van der Waals surface area contributed by atoms with Crippen LogP contribution < -0.4 is 5.32 Å². The molecule has 0 heterocycles. The van der Waals surface area contributed by atoms with Crippen molar-refractivity contribution in [3.63, 3.8) is 0 Å². The van der Waals surface area contributed by atoms with Crippen LogP contribution in [0.2, 0.25) is 5.02 Å². The summed E-state index contributed by atoms with van der Waals surface area (Å²) < 4.78 is 12.8. The number of carbonyl (C=O) groups is 2. The summed E-state index contributed by atoms with van der Waals surface area (Å²) in [6.07, 6.45) is -0.0440. The molecule has 6 heteroatoms. The van der Waals surface area contributed by atoms with E-state index in [-0.39, 0.29) is 11.4 Å². The minimum Gasteiger partial charge on any atom is -0.480 e. The number of aliphatic carboxylic acids is 1. The number of amides is 1. The fourth-order valence-corrected chi connectivity index (χ4v) is 1.39. The average Bonchev–Trinajstić information content (AvgIpc) is 2.23. The van der Waals surface area contributed by atoms with Crippen LogP contribution in [-0.4, -0.2) is 23.0 Å². The van der Waals surface area contributed by atoms with Crippen LogP contribution >= 0.6 is 11.6 Å². The lowest BCUT2D eigenvalue weighted by Gasteiger charge is -2.09. The van der Waals surface area contributed by atoms with E-state index in [0.29, 0.717) is 5.56 Å². The standard InChI is InChI=1S/C11H11ClFNO3/c1-6(11(16)17)14-10(15)5-7-2-3-9(13)8(12)4-7/h2-4,6H,5H2,1H3,(H,14,15)(H,16,17). The summed E-state index contributed by atoms with van der Waals surface area (Å²) in [5, 5.41) is 10.8. The molecule has 1 aromatic carbocycles. The highest BCUT2D eigenvalue weighted by Crippen LogP contribution is 2.16. The Labute approximate surface area is 102 Å². The molecule has 0 saturated carbocycles. The Morgan fingerprint density at radius 2 is 2.18 bits per heavy atom. The lowest BCUT2D eigenvalue weighted by atomic mass is 10.1. The molecule has 0 aliphatic carbocycles. The van der Waals surface area contributed by atoms with Crippen LogP contribution in [0.1, 0.15) is 12.5 Å². The minimum absolute atomic E-state index is 0.0440. The van der Waals surface area contributed by atoms with Gasteiger partial charge in [0.05, 0.1) is 11.4 Å². The Bertz CT molecular complexity index is 450. The second kappa shape index (κ2) is 5.63. The van der Waals surface area contributed by atoms with E-state index in [1.54, 1.807) is 0 Å². The van der Waals surface area contributed by atoms with E-state index in [2.05, 4.69) is 5.32 Å². The van der Waals surface area contributed by atoms with Crippen molar-refractivity contribution in [2.45, 2.75) is 19.4 Å². The van der Waals surface area contributed by atoms with E-state index < -0.39 is 23.7 Å². The minimum atomic E-state index is -1.12. The van der Waals surface area contributed by atoms with Gasteiger partial charge >= 0.3 is 5.97 Å². The molecule has 0 aromatic heterocycles. The number of carboxylic acid groups (broad SMARTS) is 1. The highest BCUT2D eigenvalue weighted by atomic mass is 35.5. The Morgan fingerprint density at radius 1 is 1.53 bits per heavy atom. The highest BCUT2D eigenvalue weighted by Gasteiger charge is 2.14. The smallest absolute Gasteiger partial charge is 0.325 e. The molecule has 0 aliphatic rings. The Morgan fingerprint density at radius 3 is 2.71 bits per heavy atom. The van der Waals surface area contributed by atoms with Crippen LogP contribution in [0.25, 0.3) is 0 Å². The number of nitrogens with one attached hydrogen (secondary N) is 1. The molecular weight excluding hydrogens is 249 g/mol. The molecule has 4 nitrogen and oxygen atoms in total. The number of halogens is 2. The fourth-order valence-electron chi connectivity index (χ4n) is 1.19. The zero-order valence-corrected chi connectivity index (χ0v) is 9.79. The van der Waals surface area contributed by atoms with Gasteiger partial charge in [-0.05, 0) is 24.6 Å². The predicted molar refractivity (Wildman–Crippen MR) is 60.4 cm³/mol. The highest BCUT2D eigenvalue weighted by molar-refractivity contribution is 6.30. The van der Waals surface area contributed by atoms with Crippen molar-refractivity contribution in [1.82, 2.24) is 5.32 Å². The van der Waals surface area contributed by atoms with Gasteiger partial charge in [0.1, 0.15) is 11.9 Å². The first-order chi connectivity index (χ1) is 7.90. The third-order valence-electron chi connectivity index (χ3n) is 2.10. The summed E-state index contributed by atoms with van der Waals surface area (Å²) in [5.74, 6) is -2.13. The number of benzene rings is 1. The van der Waals surface area contributed by atoms with E-state index in [0.717, 1.165) is 6.07 Å². The van der Waals surface area contributed by atoms with Gasteiger partial charge in [0.2, 0.25) is 5.91 Å². The van der Waals surface area contributed by atoms with E-state index in [9.17, 15) is 14.0 Å². The topological polar surface area (TPSA) is 66.4 Å². The van der Waals surface area contributed by atoms with Gasteiger partial charge in [0, 0.05) is 0 Å². The summed E-state index contributed by atoms with van der Waals surface area (Å²) in [6.45, 7) is 1.36. The van der Waals surface area contributed by atoms with E-state index >= 15 is 0 Å². The van der Waals surface area contributed by atoms with Crippen molar-refractivity contribution in [3.8, 4) is 0 Å². The molecule has 1 unspecified atom stereocenters. The maximum Gasteiger partial charge on any atom is 0.325 e. The molecular formula is C11H11ClFNO3. The van der Waals surface area contributed by atoms with Crippen molar-refractivity contribution in [2.75, 3.05) is 0 Å². The lowest BCUT2D eigenvalue weighted by molar-refractivity contribution is -0.141. The number of rotatable bonds is 4. The molecule has 17 heavy (non-hydrogen) atoms. The van der Waals surface area contributed by atoms with Crippen LogP contribution in [0, 0.1) is 5.82 Å². The fraction of sp³-hybridized carbons (Fsp3) is 0.273. The Kier molecular flexibility index (Phi) is 4.45. The molecule has 2 N–H and O–H groups in total. The van der Waals surface area contributed by atoms with Crippen LogP contribution in [0.3, 0.4) is 0 Å². The third-order valence-corrected chi connectivity index (χ3v) is 2.39. The summed E-state index contributed by atoms with van der Waals surface area (Å²) in [5.41, 5.74) is 0.520. The summed E-state index contributed by atoms with van der Waals surface area (Å²) >= 11 is 5.55. The number of carboxylic acids is 1. The first-order valence-electron chi connectivity index (χ1n) is 4.86. The zero-order valence-electron chi connectivity index (χ0n) is 9.04. The van der Waals surface area contributed by atoms with Crippen molar-refractivity contribution < 1.29 is 19.1 Å². The second-order valence-electron chi connectivity index (χ2n) is 3.55. The summed E-state index contributed by atoms with van der Waals surface area (Å²) in [4.78, 5) is 21.9. The van der Waals surface area contributed by atoms with Crippen LogP contribution in [0.5, 0.6) is 0 Å².